The van der Waals surface area contributed by atoms with Crippen LogP contribution in [0.1, 0.15) is 21.5 Å². The molecule has 0 heterocycles. The third-order valence-electron chi connectivity index (χ3n) is 4.54. The maximum atomic E-state index is 12.7. The minimum absolute atomic E-state index is 0.152. The monoisotopic (exact) mass is 404 g/mol. The minimum Gasteiger partial charge on any atom is -0.497 e. The zero-order valence-electron chi connectivity index (χ0n) is 17.3. The number of allylic oxidation sites excluding steroid dienone is 1. The van der Waals surface area contributed by atoms with Gasteiger partial charge in [0.25, 0.3) is 0 Å². The van der Waals surface area contributed by atoms with Gasteiger partial charge in [0, 0.05) is 17.2 Å². The van der Waals surface area contributed by atoms with Crippen molar-refractivity contribution in [2.24, 2.45) is 0 Å². The van der Waals surface area contributed by atoms with Crippen molar-refractivity contribution in [1.29, 1.82) is 0 Å². The van der Waals surface area contributed by atoms with Crippen molar-refractivity contribution in [3.8, 4) is 23.0 Å². The van der Waals surface area contributed by atoms with Crippen LogP contribution in [0, 0.1) is 0 Å². The van der Waals surface area contributed by atoms with Crippen LogP contribution >= 0.6 is 0 Å². The zero-order valence-corrected chi connectivity index (χ0v) is 17.3. The average molecular weight is 404 g/mol. The minimum atomic E-state index is -0.152. The van der Waals surface area contributed by atoms with Gasteiger partial charge in [-0.25, -0.2) is 0 Å². The van der Waals surface area contributed by atoms with Gasteiger partial charge in [-0.2, -0.15) is 0 Å². The highest BCUT2D eigenvalue weighted by atomic mass is 16.5. The third kappa shape index (κ3) is 5.20. The number of carbonyl (C=O) groups is 1. The normalized spacial score (nSPS) is 10.6. The van der Waals surface area contributed by atoms with Crippen LogP contribution in [0.2, 0.25) is 0 Å². The molecule has 5 heteroatoms. The maximum absolute atomic E-state index is 12.7. The summed E-state index contributed by atoms with van der Waals surface area (Å²) in [6.45, 7) is 0.418. The van der Waals surface area contributed by atoms with Gasteiger partial charge in [-0.15, -0.1) is 0 Å². The van der Waals surface area contributed by atoms with Crippen LogP contribution in [0.15, 0.2) is 72.8 Å². The summed E-state index contributed by atoms with van der Waals surface area (Å²) in [6, 6.07) is 20.4. The van der Waals surface area contributed by atoms with Crippen molar-refractivity contribution < 1.29 is 23.7 Å². The third-order valence-corrected chi connectivity index (χ3v) is 4.54. The van der Waals surface area contributed by atoms with Crippen LogP contribution in [-0.2, 0) is 6.61 Å². The Morgan fingerprint density at radius 3 is 2.27 bits per heavy atom. The molecule has 0 bridgehead atoms. The number of hydrogen-bond donors (Lipinski definition) is 0. The molecule has 0 aromatic heterocycles. The van der Waals surface area contributed by atoms with E-state index in [4.69, 9.17) is 18.9 Å². The molecule has 5 nitrogen and oxygen atoms in total. The predicted molar refractivity (Wildman–Crippen MR) is 117 cm³/mol. The highest BCUT2D eigenvalue weighted by Gasteiger charge is 2.10. The lowest BCUT2D eigenvalue weighted by Gasteiger charge is -2.11. The van der Waals surface area contributed by atoms with Crippen LogP contribution in [0.3, 0.4) is 0 Å². The molecule has 154 valence electrons. The van der Waals surface area contributed by atoms with E-state index in [9.17, 15) is 4.79 Å². The van der Waals surface area contributed by atoms with Crippen LogP contribution < -0.4 is 18.9 Å². The molecular weight excluding hydrogens is 380 g/mol. The van der Waals surface area contributed by atoms with Crippen LogP contribution in [0.25, 0.3) is 6.08 Å². The lowest BCUT2D eigenvalue weighted by atomic mass is 10.1. The van der Waals surface area contributed by atoms with E-state index in [1.54, 1.807) is 51.7 Å². The summed E-state index contributed by atoms with van der Waals surface area (Å²) in [5, 5.41) is 0. The molecule has 30 heavy (non-hydrogen) atoms. The Bertz CT molecular complexity index is 1020. The number of methoxy groups -OCH3 is 3. The van der Waals surface area contributed by atoms with Crippen LogP contribution in [0.5, 0.6) is 23.0 Å². The molecular formula is C25H24O5. The van der Waals surface area contributed by atoms with Gasteiger partial charge in [0.15, 0.2) is 17.3 Å². The molecule has 3 aromatic carbocycles. The first-order valence-corrected chi connectivity index (χ1v) is 9.44. The van der Waals surface area contributed by atoms with Gasteiger partial charge in [-0.1, -0.05) is 30.3 Å². The number of hydrogen-bond acceptors (Lipinski definition) is 5. The SMILES string of the molecule is COc1ccc(/C=C/C(=O)c2ccc(OCc3ccccc3)c(OC)c2)c(OC)c1. The van der Waals surface area contributed by atoms with Gasteiger partial charge in [-0.3, -0.25) is 4.79 Å². The first-order valence-electron chi connectivity index (χ1n) is 9.44. The molecule has 3 aromatic rings. The predicted octanol–water partition coefficient (Wildman–Crippen LogP) is 5.19. The second-order valence-electron chi connectivity index (χ2n) is 6.45. The van der Waals surface area contributed by atoms with Crippen LogP contribution in [0.4, 0.5) is 0 Å². The van der Waals surface area contributed by atoms with Gasteiger partial charge in [-0.05, 0) is 48.0 Å². The molecule has 0 aliphatic heterocycles. The first kappa shape index (κ1) is 21.0. The molecule has 0 fully saturated rings. The molecule has 0 N–H and O–H groups in total. The lowest BCUT2D eigenvalue weighted by molar-refractivity contribution is 0.104. The van der Waals surface area contributed by atoms with Gasteiger partial charge in [0.05, 0.1) is 21.3 Å². The Kier molecular flexibility index (Phi) is 7.11. The molecule has 0 unspecified atom stereocenters. The fraction of sp³-hybridized carbons (Fsp3) is 0.160. The summed E-state index contributed by atoms with van der Waals surface area (Å²) in [4.78, 5) is 12.7. The number of carbonyl (C=O) groups excluding carboxylic acids is 1. The molecule has 0 saturated heterocycles. The highest BCUT2D eigenvalue weighted by molar-refractivity contribution is 6.07. The lowest BCUT2D eigenvalue weighted by Crippen LogP contribution is -2.00. The Hall–Kier alpha value is -3.73. The van der Waals surface area contributed by atoms with Crippen molar-refractivity contribution in [1.82, 2.24) is 0 Å². The molecule has 3 rings (SSSR count). The van der Waals surface area contributed by atoms with Crippen LogP contribution in [-0.4, -0.2) is 27.1 Å². The second-order valence-corrected chi connectivity index (χ2v) is 6.45. The van der Waals surface area contributed by atoms with Gasteiger partial charge in [0.2, 0.25) is 0 Å². The molecule has 0 saturated carbocycles. The fourth-order valence-corrected chi connectivity index (χ4v) is 2.89. The molecule has 0 aliphatic rings. The van der Waals surface area contributed by atoms with Gasteiger partial charge in [0.1, 0.15) is 18.1 Å². The maximum Gasteiger partial charge on any atom is 0.185 e. The zero-order chi connectivity index (χ0) is 21.3. The molecule has 0 aliphatic carbocycles. The molecule has 0 spiro atoms. The fourth-order valence-electron chi connectivity index (χ4n) is 2.89. The summed E-state index contributed by atoms with van der Waals surface area (Å²) >= 11 is 0. The molecule has 0 amide bonds. The largest absolute Gasteiger partial charge is 0.497 e. The van der Waals surface area contributed by atoms with E-state index in [2.05, 4.69) is 0 Å². The Morgan fingerprint density at radius 2 is 1.57 bits per heavy atom. The molecule has 0 radical (unpaired) electrons. The standard InChI is InChI=1S/C25H24O5/c1-27-21-12-9-19(24(16-21)28-2)10-13-22(26)20-11-14-23(25(15-20)29-3)30-17-18-7-5-4-6-8-18/h4-16H,17H2,1-3H3/b13-10+. The van der Waals surface area contributed by atoms with Crippen molar-refractivity contribution in [3.63, 3.8) is 0 Å². The van der Waals surface area contributed by atoms with E-state index >= 15 is 0 Å². The van der Waals surface area contributed by atoms with E-state index < -0.39 is 0 Å². The van der Waals surface area contributed by atoms with E-state index in [-0.39, 0.29) is 5.78 Å². The summed E-state index contributed by atoms with van der Waals surface area (Å²) < 4.78 is 21.8. The topological polar surface area (TPSA) is 54.0 Å². The first-order chi connectivity index (χ1) is 14.6. The van der Waals surface area contributed by atoms with E-state index in [1.165, 1.54) is 6.08 Å². The van der Waals surface area contributed by atoms with E-state index in [1.807, 2.05) is 42.5 Å². The summed E-state index contributed by atoms with van der Waals surface area (Å²) in [5.41, 5.74) is 2.33. The van der Waals surface area contributed by atoms with Gasteiger partial charge >= 0.3 is 0 Å². The van der Waals surface area contributed by atoms with E-state index in [0.29, 0.717) is 35.2 Å². The number of ketones is 1. The van der Waals surface area contributed by atoms with Crippen molar-refractivity contribution in [2.75, 3.05) is 21.3 Å². The molecule has 0 atom stereocenters. The van der Waals surface area contributed by atoms with Crippen molar-refractivity contribution in [3.05, 3.63) is 89.5 Å². The summed E-state index contributed by atoms with van der Waals surface area (Å²) in [5.74, 6) is 2.25. The van der Waals surface area contributed by atoms with Gasteiger partial charge < -0.3 is 18.9 Å². The quantitative estimate of drug-likeness (QED) is 0.363. The summed E-state index contributed by atoms with van der Waals surface area (Å²) in [6.07, 6.45) is 3.22. The Balaban J connectivity index is 1.74. The van der Waals surface area contributed by atoms with Crippen molar-refractivity contribution in [2.45, 2.75) is 6.61 Å². The van der Waals surface area contributed by atoms with E-state index in [0.717, 1.165) is 11.1 Å². The Morgan fingerprint density at radius 1 is 0.800 bits per heavy atom. The Labute approximate surface area is 176 Å². The number of rotatable bonds is 9. The number of ether oxygens (including phenoxy) is 4. The second kappa shape index (κ2) is 10.2. The van der Waals surface area contributed by atoms with Crippen molar-refractivity contribution >= 4 is 11.9 Å². The highest BCUT2D eigenvalue weighted by Crippen LogP contribution is 2.30. The smallest absolute Gasteiger partial charge is 0.185 e. The average Bonchev–Trinajstić information content (AvgIpc) is 2.81. The summed E-state index contributed by atoms with van der Waals surface area (Å²) in [7, 11) is 4.72. The number of benzene rings is 3.